The fraction of sp³-hybridized carbons (Fsp3) is 0.615. The van der Waals surface area contributed by atoms with Crippen molar-refractivity contribution < 1.29 is 9.21 Å². The molecule has 1 unspecified atom stereocenters. The molecule has 3 rings (SSSR count). The number of aryl methyl sites for hydroxylation is 1. The summed E-state index contributed by atoms with van der Waals surface area (Å²) in [7, 11) is 0. The van der Waals surface area contributed by atoms with Crippen molar-refractivity contribution in [2.24, 2.45) is 0 Å². The average molecular weight is 234 g/mol. The molecule has 4 nitrogen and oxygen atoms in total. The lowest BCUT2D eigenvalue weighted by atomic mass is 10.2. The summed E-state index contributed by atoms with van der Waals surface area (Å²) in [6, 6.07) is 4.52. The summed E-state index contributed by atoms with van der Waals surface area (Å²) >= 11 is 0. The lowest BCUT2D eigenvalue weighted by molar-refractivity contribution is -0.130. The van der Waals surface area contributed by atoms with Crippen LogP contribution in [0.1, 0.15) is 30.8 Å². The molecule has 0 aromatic carbocycles. The molecule has 4 heteroatoms. The Morgan fingerprint density at radius 2 is 2.24 bits per heavy atom. The molecule has 1 N–H and O–H groups in total. The minimum absolute atomic E-state index is 0.0403. The SMILES string of the molecule is Cc1ccc(CN2CCC(NC3CC3)C2=O)o1. The number of carbonyl (C=O) groups excluding carboxylic acids is 1. The van der Waals surface area contributed by atoms with Crippen molar-refractivity contribution >= 4 is 5.91 Å². The molecule has 0 radical (unpaired) electrons. The Morgan fingerprint density at radius 3 is 2.88 bits per heavy atom. The topological polar surface area (TPSA) is 45.5 Å². The van der Waals surface area contributed by atoms with Crippen LogP contribution in [0.4, 0.5) is 0 Å². The second-order valence-corrected chi connectivity index (χ2v) is 5.05. The Bertz CT molecular complexity index is 423. The summed E-state index contributed by atoms with van der Waals surface area (Å²) in [4.78, 5) is 14.0. The molecule has 1 atom stereocenters. The van der Waals surface area contributed by atoms with Crippen LogP contribution in [0.25, 0.3) is 0 Å². The van der Waals surface area contributed by atoms with Crippen molar-refractivity contribution in [1.82, 2.24) is 10.2 Å². The third-order valence-corrected chi connectivity index (χ3v) is 3.45. The van der Waals surface area contributed by atoms with E-state index in [0.717, 1.165) is 24.5 Å². The molecule has 1 amide bonds. The van der Waals surface area contributed by atoms with Crippen molar-refractivity contribution in [3.8, 4) is 0 Å². The van der Waals surface area contributed by atoms with Crippen molar-refractivity contribution in [2.75, 3.05) is 6.54 Å². The van der Waals surface area contributed by atoms with Gasteiger partial charge < -0.3 is 14.6 Å². The Labute approximate surface area is 101 Å². The van der Waals surface area contributed by atoms with Crippen LogP contribution < -0.4 is 5.32 Å². The maximum Gasteiger partial charge on any atom is 0.240 e. The number of likely N-dealkylation sites (tertiary alicyclic amines) is 1. The smallest absolute Gasteiger partial charge is 0.240 e. The van der Waals surface area contributed by atoms with Gasteiger partial charge in [-0.1, -0.05) is 0 Å². The molecular formula is C13H18N2O2. The molecule has 1 aromatic heterocycles. The molecule has 1 aliphatic heterocycles. The number of amides is 1. The van der Waals surface area contributed by atoms with Crippen molar-refractivity contribution in [3.05, 3.63) is 23.7 Å². The first-order valence-electron chi connectivity index (χ1n) is 6.32. The number of nitrogens with zero attached hydrogens (tertiary/aromatic N) is 1. The summed E-state index contributed by atoms with van der Waals surface area (Å²) in [5.41, 5.74) is 0. The molecule has 1 saturated carbocycles. The van der Waals surface area contributed by atoms with Crippen LogP contribution in [0.15, 0.2) is 16.5 Å². The third-order valence-electron chi connectivity index (χ3n) is 3.45. The van der Waals surface area contributed by atoms with Crippen molar-refractivity contribution in [3.63, 3.8) is 0 Å². The lowest BCUT2D eigenvalue weighted by Crippen LogP contribution is -2.39. The van der Waals surface area contributed by atoms with E-state index in [1.807, 2.05) is 24.0 Å². The van der Waals surface area contributed by atoms with E-state index >= 15 is 0 Å². The molecule has 92 valence electrons. The van der Waals surface area contributed by atoms with Gasteiger partial charge in [0.05, 0.1) is 12.6 Å². The van der Waals surface area contributed by atoms with E-state index in [1.165, 1.54) is 12.8 Å². The first-order chi connectivity index (χ1) is 8.22. The van der Waals surface area contributed by atoms with Gasteiger partial charge in [-0.05, 0) is 38.3 Å². The number of hydrogen-bond acceptors (Lipinski definition) is 3. The van der Waals surface area contributed by atoms with Gasteiger partial charge in [0.15, 0.2) is 0 Å². The second kappa shape index (κ2) is 4.18. The van der Waals surface area contributed by atoms with E-state index in [1.54, 1.807) is 0 Å². The maximum absolute atomic E-state index is 12.1. The predicted molar refractivity (Wildman–Crippen MR) is 63.4 cm³/mol. The molecular weight excluding hydrogens is 216 g/mol. The predicted octanol–water partition coefficient (Wildman–Crippen LogP) is 1.44. The average Bonchev–Trinajstić information content (AvgIpc) is 2.94. The van der Waals surface area contributed by atoms with E-state index < -0.39 is 0 Å². The van der Waals surface area contributed by atoms with Crippen LogP contribution >= 0.6 is 0 Å². The fourth-order valence-electron chi connectivity index (χ4n) is 2.34. The number of hydrogen-bond donors (Lipinski definition) is 1. The van der Waals surface area contributed by atoms with Crippen molar-refractivity contribution in [2.45, 2.75) is 44.8 Å². The molecule has 2 heterocycles. The Hall–Kier alpha value is -1.29. The molecule has 2 fully saturated rings. The minimum atomic E-state index is 0.0403. The van der Waals surface area contributed by atoms with E-state index in [9.17, 15) is 4.79 Å². The minimum Gasteiger partial charge on any atom is -0.464 e. The number of furan rings is 1. The van der Waals surface area contributed by atoms with Gasteiger partial charge in [-0.15, -0.1) is 0 Å². The standard InChI is InChI=1S/C13H18N2O2/c1-9-2-5-11(17-9)8-15-7-6-12(13(15)16)14-10-3-4-10/h2,5,10,12,14H,3-4,6-8H2,1H3. The summed E-state index contributed by atoms with van der Waals surface area (Å²) in [6.07, 6.45) is 3.37. The molecule has 0 bridgehead atoms. The summed E-state index contributed by atoms with van der Waals surface area (Å²) in [5, 5.41) is 3.40. The summed E-state index contributed by atoms with van der Waals surface area (Å²) < 4.78 is 5.51. The molecule has 0 spiro atoms. The van der Waals surface area contributed by atoms with Gasteiger partial charge >= 0.3 is 0 Å². The number of rotatable bonds is 4. The Kier molecular flexibility index (Phi) is 2.67. The number of carbonyl (C=O) groups is 1. The quantitative estimate of drug-likeness (QED) is 0.857. The largest absolute Gasteiger partial charge is 0.464 e. The fourth-order valence-corrected chi connectivity index (χ4v) is 2.34. The highest BCUT2D eigenvalue weighted by atomic mass is 16.3. The Balaban J connectivity index is 1.59. The molecule has 2 aliphatic rings. The highest BCUT2D eigenvalue weighted by Gasteiger charge is 2.35. The van der Waals surface area contributed by atoms with Crippen LogP contribution in [0.5, 0.6) is 0 Å². The van der Waals surface area contributed by atoms with Crippen LogP contribution in [-0.4, -0.2) is 29.4 Å². The van der Waals surface area contributed by atoms with Crippen LogP contribution in [-0.2, 0) is 11.3 Å². The summed E-state index contributed by atoms with van der Waals surface area (Å²) in [5.74, 6) is 2.01. The highest BCUT2D eigenvalue weighted by molar-refractivity contribution is 5.84. The van der Waals surface area contributed by atoms with Crippen LogP contribution in [0, 0.1) is 6.92 Å². The first kappa shape index (κ1) is 10.8. The monoisotopic (exact) mass is 234 g/mol. The van der Waals surface area contributed by atoms with Gasteiger partial charge in [-0.3, -0.25) is 4.79 Å². The number of nitrogens with one attached hydrogen (secondary N) is 1. The zero-order valence-electron chi connectivity index (χ0n) is 10.1. The van der Waals surface area contributed by atoms with Crippen LogP contribution in [0.3, 0.4) is 0 Å². The first-order valence-corrected chi connectivity index (χ1v) is 6.32. The van der Waals surface area contributed by atoms with Gasteiger partial charge in [0.1, 0.15) is 11.5 Å². The van der Waals surface area contributed by atoms with E-state index in [4.69, 9.17) is 4.42 Å². The molecule has 1 aromatic rings. The summed E-state index contributed by atoms with van der Waals surface area (Å²) in [6.45, 7) is 3.37. The van der Waals surface area contributed by atoms with Crippen LogP contribution in [0.2, 0.25) is 0 Å². The van der Waals surface area contributed by atoms with Gasteiger partial charge in [-0.2, -0.15) is 0 Å². The van der Waals surface area contributed by atoms with E-state index in [-0.39, 0.29) is 11.9 Å². The zero-order chi connectivity index (χ0) is 11.8. The third kappa shape index (κ3) is 2.36. The lowest BCUT2D eigenvalue weighted by Gasteiger charge is -2.15. The van der Waals surface area contributed by atoms with E-state index in [2.05, 4.69) is 5.32 Å². The van der Waals surface area contributed by atoms with Gasteiger partial charge in [0.2, 0.25) is 5.91 Å². The van der Waals surface area contributed by atoms with Crippen molar-refractivity contribution in [1.29, 1.82) is 0 Å². The highest BCUT2D eigenvalue weighted by Crippen LogP contribution is 2.23. The second-order valence-electron chi connectivity index (χ2n) is 5.05. The van der Waals surface area contributed by atoms with E-state index in [0.29, 0.717) is 12.6 Å². The molecule has 1 saturated heterocycles. The maximum atomic E-state index is 12.1. The van der Waals surface area contributed by atoms with Gasteiger partial charge in [-0.25, -0.2) is 0 Å². The van der Waals surface area contributed by atoms with Gasteiger partial charge in [0.25, 0.3) is 0 Å². The normalized spacial score (nSPS) is 24.6. The molecule has 17 heavy (non-hydrogen) atoms. The van der Waals surface area contributed by atoms with Gasteiger partial charge in [0, 0.05) is 12.6 Å². The molecule has 1 aliphatic carbocycles. The zero-order valence-corrected chi connectivity index (χ0v) is 10.1. The Morgan fingerprint density at radius 1 is 1.41 bits per heavy atom.